The van der Waals surface area contributed by atoms with E-state index >= 15 is 0 Å². The minimum Gasteiger partial charge on any atom is -0.495 e. The Balaban J connectivity index is 1.56. The van der Waals surface area contributed by atoms with Crippen molar-refractivity contribution < 1.29 is 17.9 Å². The topological polar surface area (TPSA) is 80.6 Å². The second-order valence-corrected chi connectivity index (χ2v) is 10.8. The molecule has 188 valence electrons. The summed E-state index contributed by atoms with van der Waals surface area (Å²) in [6, 6.07) is 26.2. The predicted octanol–water partition coefficient (Wildman–Crippen LogP) is 5.83. The zero-order chi connectivity index (χ0) is 26.2. The van der Waals surface area contributed by atoms with Gasteiger partial charge in [-0.15, -0.1) is 0 Å². The number of aromatic nitrogens is 1. The Labute approximate surface area is 219 Å². The summed E-state index contributed by atoms with van der Waals surface area (Å²) in [6.45, 7) is -0.492. The summed E-state index contributed by atoms with van der Waals surface area (Å²) >= 11 is 6.22. The van der Waals surface area contributed by atoms with Gasteiger partial charge in [-0.1, -0.05) is 60.1 Å². The van der Waals surface area contributed by atoms with Gasteiger partial charge in [-0.3, -0.25) is 9.10 Å². The molecular weight excluding hydrogens is 510 g/mol. The van der Waals surface area contributed by atoms with Crippen molar-refractivity contribution in [3.05, 3.63) is 96.0 Å². The molecule has 1 heterocycles. The van der Waals surface area contributed by atoms with Gasteiger partial charge in [-0.25, -0.2) is 8.42 Å². The molecule has 1 N–H and O–H groups in total. The van der Waals surface area contributed by atoms with Crippen molar-refractivity contribution in [2.45, 2.75) is 4.90 Å². The van der Waals surface area contributed by atoms with Crippen molar-refractivity contribution in [1.29, 1.82) is 0 Å². The summed E-state index contributed by atoms with van der Waals surface area (Å²) < 4.78 is 35.9. The van der Waals surface area contributed by atoms with E-state index in [-0.39, 0.29) is 16.3 Å². The molecule has 1 aromatic heterocycles. The van der Waals surface area contributed by atoms with Crippen LogP contribution in [0.2, 0.25) is 5.02 Å². The number of carbonyl (C=O) groups excluding carboxylic acids is 1. The van der Waals surface area contributed by atoms with Crippen molar-refractivity contribution in [3.8, 4) is 5.75 Å². The van der Waals surface area contributed by atoms with Gasteiger partial charge in [0.25, 0.3) is 10.0 Å². The number of nitrogens with one attached hydrogen (secondary N) is 1. The molecule has 0 saturated heterocycles. The van der Waals surface area contributed by atoms with Gasteiger partial charge in [0, 0.05) is 28.4 Å². The Hall–Kier alpha value is -4.01. The maximum atomic E-state index is 13.7. The number of nitrogens with zero attached hydrogens (tertiary/aromatic N) is 2. The highest BCUT2D eigenvalue weighted by atomic mass is 35.5. The molecule has 0 aliphatic rings. The largest absolute Gasteiger partial charge is 0.495 e. The SMILES string of the molecule is COc1ccc(Cl)cc1N(CC(=O)Nc1cccc2c3ccccc3n(C)c12)S(=O)(=O)c1ccccc1. The van der Waals surface area contributed by atoms with E-state index in [4.69, 9.17) is 16.3 Å². The summed E-state index contributed by atoms with van der Waals surface area (Å²) in [5, 5.41) is 5.28. The number of ether oxygens (including phenoxy) is 1. The first kappa shape index (κ1) is 24.7. The molecule has 5 rings (SSSR count). The Morgan fingerprint density at radius 1 is 0.946 bits per heavy atom. The van der Waals surface area contributed by atoms with Crippen LogP contribution in [0.3, 0.4) is 0 Å². The summed E-state index contributed by atoms with van der Waals surface area (Å²) in [4.78, 5) is 13.5. The number of amides is 1. The van der Waals surface area contributed by atoms with Crippen LogP contribution >= 0.6 is 11.6 Å². The number of aryl methyl sites for hydroxylation is 1. The lowest BCUT2D eigenvalue weighted by atomic mass is 10.1. The second-order valence-electron chi connectivity index (χ2n) is 8.47. The van der Waals surface area contributed by atoms with E-state index in [9.17, 15) is 13.2 Å². The number of sulfonamides is 1. The van der Waals surface area contributed by atoms with Crippen molar-refractivity contribution in [1.82, 2.24) is 4.57 Å². The molecule has 0 fully saturated rings. The van der Waals surface area contributed by atoms with Crippen LogP contribution in [0.4, 0.5) is 11.4 Å². The third-order valence-corrected chi connectivity index (χ3v) is 8.24. The fourth-order valence-electron chi connectivity index (χ4n) is 4.53. The number of hydrogen-bond acceptors (Lipinski definition) is 4. The summed E-state index contributed by atoms with van der Waals surface area (Å²) in [5.41, 5.74) is 2.61. The molecule has 0 spiro atoms. The van der Waals surface area contributed by atoms with E-state index < -0.39 is 22.5 Å². The number of rotatable bonds is 7. The minimum absolute atomic E-state index is 0.0422. The van der Waals surface area contributed by atoms with Crippen LogP contribution in [0, 0.1) is 0 Å². The quantitative estimate of drug-likeness (QED) is 0.285. The van der Waals surface area contributed by atoms with Crippen molar-refractivity contribution in [3.63, 3.8) is 0 Å². The fourth-order valence-corrected chi connectivity index (χ4v) is 6.15. The Bertz CT molecular complexity index is 1730. The maximum absolute atomic E-state index is 13.7. The highest BCUT2D eigenvalue weighted by Gasteiger charge is 2.30. The Kier molecular flexibility index (Phi) is 6.54. The third kappa shape index (κ3) is 4.50. The summed E-state index contributed by atoms with van der Waals surface area (Å²) in [6.07, 6.45) is 0. The van der Waals surface area contributed by atoms with Gasteiger partial charge < -0.3 is 14.6 Å². The standard InChI is InChI=1S/C28H24ClN3O4S/c1-31-24-14-7-6-11-21(24)22-12-8-13-23(28(22)31)30-27(33)18-32(25-17-19(29)15-16-26(25)36-2)37(34,35)20-9-4-3-5-10-20/h3-17H,18H2,1-2H3,(H,30,33). The van der Waals surface area contributed by atoms with Crippen LogP contribution < -0.4 is 14.4 Å². The number of methoxy groups -OCH3 is 1. The number of fused-ring (bicyclic) bond motifs is 3. The molecule has 0 radical (unpaired) electrons. The molecule has 0 aliphatic heterocycles. The number of carbonyl (C=O) groups is 1. The summed E-state index contributed by atoms with van der Waals surface area (Å²) in [7, 11) is -0.768. The first-order valence-corrected chi connectivity index (χ1v) is 13.3. The first-order valence-electron chi connectivity index (χ1n) is 11.5. The van der Waals surface area contributed by atoms with Crippen molar-refractivity contribution in [2.75, 3.05) is 23.3 Å². The van der Waals surface area contributed by atoms with E-state index in [0.717, 1.165) is 26.1 Å². The van der Waals surface area contributed by atoms with E-state index in [1.54, 1.807) is 36.4 Å². The summed E-state index contributed by atoms with van der Waals surface area (Å²) in [5.74, 6) is -0.244. The number of halogens is 1. The molecule has 0 atom stereocenters. The van der Waals surface area contributed by atoms with Gasteiger partial charge in [-0.05, 0) is 42.5 Å². The highest BCUT2D eigenvalue weighted by Crippen LogP contribution is 2.36. The fraction of sp³-hybridized carbons (Fsp3) is 0.107. The molecule has 0 bridgehead atoms. The lowest BCUT2D eigenvalue weighted by Gasteiger charge is -2.26. The molecule has 0 aliphatic carbocycles. The molecule has 37 heavy (non-hydrogen) atoms. The molecule has 1 amide bonds. The smallest absolute Gasteiger partial charge is 0.264 e. The van der Waals surface area contributed by atoms with Gasteiger partial charge in [0.2, 0.25) is 5.91 Å². The Morgan fingerprint density at radius 2 is 1.65 bits per heavy atom. The maximum Gasteiger partial charge on any atom is 0.264 e. The average Bonchev–Trinajstić information content (AvgIpc) is 3.20. The molecule has 9 heteroatoms. The molecule has 7 nitrogen and oxygen atoms in total. The zero-order valence-electron chi connectivity index (χ0n) is 20.2. The van der Waals surface area contributed by atoms with E-state index in [1.165, 1.54) is 25.3 Å². The van der Waals surface area contributed by atoms with Gasteiger partial charge >= 0.3 is 0 Å². The van der Waals surface area contributed by atoms with Crippen LogP contribution in [-0.4, -0.2) is 32.5 Å². The lowest BCUT2D eigenvalue weighted by Crippen LogP contribution is -2.38. The molecule has 4 aromatic carbocycles. The average molecular weight is 534 g/mol. The third-order valence-electron chi connectivity index (χ3n) is 6.23. The van der Waals surface area contributed by atoms with E-state index in [0.29, 0.717) is 10.7 Å². The first-order chi connectivity index (χ1) is 17.8. The monoisotopic (exact) mass is 533 g/mol. The molecular formula is C28H24ClN3O4S. The second kappa shape index (κ2) is 9.80. The van der Waals surface area contributed by atoms with Crippen LogP contribution in [-0.2, 0) is 21.9 Å². The van der Waals surface area contributed by atoms with Crippen LogP contribution in [0.1, 0.15) is 0 Å². The van der Waals surface area contributed by atoms with Gasteiger partial charge in [0.15, 0.2) is 0 Å². The van der Waals surface area contributed by atoms with Crippen LogP contribution in [0.5, 0.6) is 5.75 Å². The number of hydrogen-bond donors (Lipinski definition) is 1. The lowest BCUT2D eigenvalue weighted by molar-refractivity contribution is -0.114. The van der Waals surface area contributed by atoms with Crippen molar-refractivity contribution >= 4 is 60.7 Å². The number of para-hydroxylation sites is 2. The van der Waals surface area contributed by atoms with Gasteiger partial charge in [0.05, 0.1) is 28.9 Å². The van der Waals surface area contributed by atoms with Gasteiger partial charge in [-0.2, -0.15) is 0 Å². The normalized spacial score (nSPS) is 11.5. The van der Waals surface area contributed by atoms with Crippen molar-refractivity contribution in [2.24, 2.45) is 7.05 Å². The number of benzene rings is 4. The van der Waals surface area contributed by atoms with Crippen LogP contribution in [0.25, 0.3) is 21.8 Å². The van der Waals surface area contributed by atoms with E-state index in [2.05, 4.69) is 5.32 Å². The predicted molar refractivity (Wildman–Crippen MR) is 148 cm³/mol. The minimum atomic E-state index is -4.13. The van der Waals surface area contributed by atoms with Crippen LogP contribution in [0.15, 0.2) is 95.9 Å². The molecule has 0 unspecified atom stereocenters. The van der Waals surface area contributed by atoms with Gasteiger partial charge in [0.1, 0.15) is 12.3 Å². The molecule has 5 aromatic rings. The number of anilines is 2. The Morgan fingerprint density at radius 3 is 2.41 bits per heavy atom. The van der Waals surface area contributed by atoms with E-state index in [1.807, 2.05) is 48.0 Å². The molecule has 0 saturated carbocycles. The zero-order valence-corrected chi connectivity index (χ0v) is 21.8. The highest BCUT2D eigenvalue weighted by molar-refractivity contribution is 7.92.